The largest absolute Gasteiger partial charge is 0.324 e. The number of likely N-dealkylation sites (N-methyl/N-ethyl adjacent to an activating group) is 1. The maximum atomic E-state index is 11.9. The van der Waals surface area contributed by atoms with Gasteiger partial charge in [-0.05, 0) is 62.7 Å². The molecule has 0 saturated carbocycles. The summed E-state index contributed by atoms with van der Waals surface area (Å²) in [6.07, 6.45) is 0. The van der Waals surface area contributed by atoms with E-state index in [4.69, 9.17) is 4.55 Å². The highest BCUT2D eigenvalue weighted by Crippen LogP contribution is 2.28. The van der Waals surface area contributed by atoms with Crippen LogP contribution in [-0.4, -0.2) is 43.4 Å². The summed E-state index contributed by atoms with van der Waals surface area (Å²) in [5.74, 6) is 0.0612. The molecule has 0 aliphatic carbocycles. The van der Waals surface area contributed by atoms with Crippen molar-refractivity contribution in [2.75, 3.05) is 25.0 Å². The molecule has 2 aromatic carbocycles. The zero-order valence-corrected chi connectivity index (χ0v) is 21.8. The molecule has 166 valence electrons. The summed E-state index contributed by atoms with van der Waals surface area (Å²) in [6, 6.07) is 8.75. The van der Waals surface area contributed by atoms with Gasteiger partial charge in [-0.1, -0.05) is 63.9 Å². The molecule has 0 aromatic heterocycles. The van der Waals surface area contributed by atoms with E-state index in [1.54, 1.807) is 0 Å². The quantitative estimate of drug-likeness (QED) is 0.463. The Morgan fingerprint density at radius 3 is 1.90 bits per heavy atom. The zero-order valence-electron chi connectivity index (χ0n) is 17.8. The first-order valence-corrected chi connectivity index (χ1v) is 12.4. The number of para-hydroxylation sites is 1. The van der Waals surface area contributed by atoms with Gasteiger partial charge in [0.25, 0.3) is 10.1 Å². The molecule has 0 radical (unpaired) electrons. The van der Waals surface area contributed by atoms with Gasteiger partial charge in [-0.25, -0.2) is 0 Å². The third kappa shape index (κ3) is 8.11. The number of amides is 1. The molecule has 0 fully saturated rings. The number of carbonyl (C=O) groups is 1. The van der Waals surface area contributed by atoms with Crippen LogP contribution in [0, 0.1) is 20.8 Å². The van der Waals surface area contributed by atoms with Crippen LogP contribution in [-0.2, 0) is 14.9 Å². The molecule has 2 N–H and O–H groups in total. The standard InChI is InChI=1S/C14H22N2O.C7H6Br2O3S/c1-5-16(6-2)10-13(17)15-14-11(3)8-7-9-12(14)4;1-4-6(8)2-5(3-7(4)9)13(10,11)12/h7-9H,5-6,10H2,1-4H3,(H,15,17);2-3H,1H3,(H,10,11,12). The number of carbonyl (C=O) groups excluding carboxylic acids is 1. The normalized spacial score (nSPS) is 11.1. The van der Waals surface area contributed by atoms with Crippen LogP contribution in [0.2, 0.25) is 0 Å². The molecule has 0 saturated heterocycles. The number of hydrogen-bond acceptors (Lipinski definition) is 4. The lowest BCUT2D eigenvalue weighted by molar-refractivity contribution is -0.117. The summed E-state index contributed by atoms with van der Waals surface area (Å²) < 4.78 is 31.6. The molecule has 0 aliphatic heterocycles. The number of halogens is 2. The van der Waals surface area contributed by atoms with E-state index < -0.39 is 10.1 Å². The molecular formula is C21H28Br2N2O4S. The van der Waals surface area contributed by atoms with Crippen LogP contribution in [0.15, 0.2) is 44.2 Å². The van der Waals surface area contributed by atoms with E-state index >= 15 is 0 Å². The first kappa shape index (κ1) is 26.8. The van der Waals surface area contributed by atoms with Gasteiger partial charge in [-0.15, -0.1) is 0 Å². The zero-order chi connectivity index (χ0) is 23.1. The lowest BCUT2D eigenvalue weighted by Crippen LogP contribution is -2.33. The first-order chi connectivity index (χ1) is 13.9. The number of nitrogens with zero attached hydrogens (tertiary/aromatic N) is 1. The fourth-order valence-electron chi connectivity index (χ4n) is 2.61. The van der Waals surface area contributed by atoms with Gasteiger partial charge in [0.05, 0.1) is 11.4 Å². The van der Waals surface area contributed by atoms with E-state index in [-0.39, 0.29) is 10.8 Å². The van der Waals surface area contributed by atoms with Crippen molar-refractivity contribution >= 4 is 53.6 Å². The molecule has 0 aliphatic rings. The van der Waals surface area contributed by atoms with E-state index in [2.05, 4.69) is 55.9 Å². The number of benzene rings is 2. The van der Waals surface area contributed by atoms with Gasteiger partial charge < -0.3 is 5.32 Å². The molecule has 2 aromatic rings. The molecule has 30 heavy (non-hydrogen) atoms. The Balaban J connectivity index is 0.000000311. The fraction of sp³-hybridized carbons (Fsp3) is 0.381. The van der Waals surface area contributed by atoms with Crippen LogP contribution in [0.4, 0.5) is 5.69 Å². The monoisotopic (exact) mass is 562 g/mol. The summed E-state index contributed by atoms with van der Waals surface area (Å²) in [4.78, 5) is 13.9. The molecule has 6 nitrogen and oxygen atoms in total. The van der Waals surface area contributed by atoms with Gasteiger partial charge in [0.2, 0.25) is 5.91 Å². The number of nitrogens with one attached hydrogen (secondary N) is 1. The highest BCUT2D eigenvalue weighted by Gasteiger charge is 2.13. The van der Waals surface area contributed by atoms with Gasteiger partial charge >= 0.3 is 0 Å². The van der Waals surface area contributed by atoms with Crippen LogP contribution >= 0.6 is 31.9 Å². The maximum Gasteiger partial charge on any atom is 0.294 e. The lowest BCUT2D eigenvalue weighted by Gasteiger charge is -2.18. The van der Waals surface area contributed by atoms with Gasteiger partial charge in [-0.3, -0.25) is 14.2 Å². The van der Waals surface area contributed by atoms with Crippen molar-refractivity contribution in [3.8, 4) is 0 Å². The van der Waals surface area contributed by atoms with Crippen molar-refractivity contribution in [1.82, 2.24) is 4.90 Å². The summed E-state index contributed by atoms with van der Waals surface area (Å²) in [5.41, 5.74) is 4.05. The Kier molecular flexibility index (Phi) is 10.7. The average Bonchev–Trinajstić information content (AvgIpc) is 2.66. The summed E-state index contributed by atoms with van der Waals surface area (Å²) in [5, 5.41) is 3.00. The predicted octanol–water partition coefficient (Wildman–Crippen LogP) is 5.35. The van der Waals surface area contributed by atoms with Gasteiger partial charge in [0.1, 0.15) is 0 Å². The molecule has 1 amide bonds. The second-order valence-electron chi connectivity index (χ2n) is 6.76. The SMILES string of the molecule is CCN(CC)CC(=O)Nc1c(C)cccc1C.Cc1c(Br)cc(S(=O)(=O)O)cc1Br. The number of aryl methyl sites for hydroxylation is 2. The lowest BCUT2D eigenvalue weighted by atomic mass is 10.1. The molecule has 0 bridgehead atoms. The highest BCUT2D eigenvalue weighted by molar-refractivity contribution is 9.11. The van der Waals surface area contributed by atoms with E-state index in [1.165, 1.54) is 12.1 Å². The highest BCUT2D eigenvalue weighted by atomic mass is 79.9. The minimum atomic E-state index is -4.12. The molecule has 0 spiro atoms. The third-order valence-electron chi connectivity index (χ3n) is 4.56. The predicted molar refractivity (Wildman–Crippen MR) is 129 cm³/mol. The number of hydrogen-bond donors (Lipinski definition) is 2. The molecular weight excluding hydrogens is 536 g/mol. The number of rotatable bonds is 6. The minimum absolute atomic E-state index is 0.0612. The molecule has 0 atom stereocenters. The Hall–Kier alpha value is -1.26. The van der Waals surface area contributed by atoms with Crippen LogP contribution in [0.25, 0.3) is 0 Å². The second-order valence-corrected chi connectivity index (χ2v) is 9.89. The first-order valence-electron chi connectivity index (χ1n) is 9.42. The molecule has 9 heteroatoms. The third-order valence-corrected chi connectivity index (χ3v) is 7.04. The molecule has 0 heterocycles. The van der Waals surface area contributed by atoms with Crippen molar-refractivity contribution < 1.29 is 17.8 Å². The maximum absolute atomic E-state index is 11.9. The van der Waals surface area contributed by atoms with Gasteiger partial charge in [-0.2, -0.15) is 8.42 Å². The van der Waals surface area contributed by atoms with Crippen LogP contribution in [0.1, 0.15) is 30.5 Å². The average molecular weight is 564 g/mol. The summed E-state index contributed by atoms with van der Waals surface area (Å²) in [6.45, 7) is 12.2. The van der Waals surface area contributed by atoms with Crippen molar-refractivity contribution in [2.24, 2.45) is 0 Å². The number of anilines is 1. The van der Waals surface area contributed by atoms with E-state index in [0.717, 1.165) is 35.5 Å². The Morgan fingerprint density at radius 2 is 1.50 bits per heavy atom. The minimum Gasteiger partial charge on any atom is -0.324 e. The van der Waals surface area contributed by atoms with Crippen LogP contribution in [0.3, 0.4) is 0 Å². The summed E-state index contributed by atoms with van der Waals surface area (Å²) >= 11 is 6.37. The van der Waals surface area contributed by atoms with E-state index in [0.29, 0.717) is 15.5 Å². The fourth-order valence-corrected chi connectivity index (χ4v) is 4.63. The smallest absolute Gasteiger partial charge is 0.294 e. The molecule has 2 rings (SSSR count). The Labute approximate surface area is 196 Å². The van der Waals surface area contributed by atoms with Crippen molar-refractivity contribution in [1.29, 1.82) is 0 Å². The van der Waals surface area contributed by atoms with E-state index in [1.807, 2.05) is 39.0 Å². The van der Waals surface area contributed by atoms with Gasteiger partial charge in [0, 0.05) is 14.6 Å². The topological polar surface area (TPSA) is 86.7 Å². The van der Waals surface area contributed by atoms with Crippen molar-refractivity contribution in [2.45, 2.75) is 39.5 Å². The van der Waals surface area contributed by atoms with Crippen molar-refractivity contribution in [3.63, 3.8) is 0 Å². The van der Waals surface area contributed by atoms with Crippen LogP contribution in [0.5, 0.6) is 0 Å². The van der Waals surface area contributed by atoms with Crippen LogP contribution < -0.4 is 5.32 Å². The molecule has 0 unspecified atom stereocenters. The second kappa shape index (κ2) is 12.0. The Morgan fingerprint density at radius 1 is 1.03 bits per heavy atom. The summed E-state index contributed by atoms with van der Waals surface area (Å²) in [7, 11) is -4.12. The Bertz CT molecular complexity index is 947. The van der Waals surface area contributed by atoms with E-state index in [9.17, 15) is 13.2 Å². The van der Waals surface area contributed by atoms with Crippen molar-refractivity contribution in [3.05, 3.63) is 56.0 Å². The van der Waals surface area contributed by atoms with Gasteiger partial charge in [0.15, 0.2) is 0 Å².